The van der Waals surface area contributed by atoms with E-state index in [0.717, 1.165) is 31.6 Å². The van der Waals surface area contributed by atoms with Gasteiger partial charge in [-0.2, -0.15) is 0 Å². The molecule has 0 saturated carbocycles. The Balaban J connectivity index is 1.80. The molecule has 2 nitrogen and oxygen atoms in total. The molecular formula is C14H23BrN2S. The summed E-state index contributed by atoms with van der Waals surface area (Å²) in [6.45, 7) is 9.18. The molecule has 1 saturated heterocycles. The van der Waals surface area contributed by atoms with Crippen LogP contribution in [0.1, 0.15) is 31.6 Å². The maximum absolute atomic E-state index is 3.60. The van der Waals surface area contributed by atoms with Crippen LogP contribution in [0.25, 0.3) is 0 Å². The van der Waals surface area contributed by atoms with Gasteiger partial charge in [-0.05, 0) is 53.8 Å². The number of hydrogen-bond acceptors (Lipinski definition) is 3. The van der Waals surface area contributed by atoms with Crippen molar-refractivity contribution >= 4 is 27.3 Å². The minimum absolute atomic E-state index is 0.727. The molecule has 1 unspecified atom stereocenters. The minimum Gasteiger partial charge on any atom is -0.315 e. The molecule has 1 N–H and O–H groups in total. The average Bonchev–Trinajstić information content (AvgIpc) is 2.89. The molecule has 2 rings (SSSR count). The molecule has 18 heavy (non-hydrogen) atoms. The van der Waals surface area contributed by atoms with Crippen LogP contribution in [0.15, 0.2) is 15.9 Å². The first-order valence-electron chi connectivity index (χ1n) is 6.83. The van der Waals surface area contributed by atoms with Gasteiger partial charge in [0.25, 0.3) is 0 Å². The highest BCUT2D eigenvalue weighted by Crippen LogP contribution is 2.25. The van der Waals surface area contributed by atoms with Gasteiger partial charge in [-0.3, -0.25) is 4.90 Å². The second-order valence-corrected chi connectivity index (χ2v) is 7.46. The largest absolute Gasteiger partial charge is 0.315 e. The van der Waals surface area contributed by atoms with Crippen molar-refractivity contribution in [2.75, 3.05) is 19.6 Å². The van der Waals surface area contributed by atoms with Crippen LogP contribution in [0, 0.1) is 5.92 Å². The molecule has 0 bridgehead atoms. The monoisotopic (exact) mass is 330 g/mol. The smallest absolute Gasteiger partial charge is 0.0331 e. The van der Waals surface area contributed by atoms with Gasteiger partial charge < -0.3 is 5.32 Å². The molecule has 1 aliphatic heterocycles. The summed E-state index contributed by atoms with van der Waals surface area (Å²) in [5, 5.41) is 5.78. The molecule has 4 heteroatoms. The average molecular weight is 331 g/mol. The minimum atomic E-state index is 0.727. The summed E-state index contributed by atoms with van der Waals surface area (Å²) in [6, 6.07) is 2.98. The van der Waals surface area contributed by atoms with Crippen molar-refractivity contribution in [3.63, 3.8) is 0 Å². The van der Waals surface area contributed by atoms with Gasteiger partial charge in [0.05, 0.1) is 0 Å². The Morgan fingerprint density at radius 2 is 2.39 bits per heavy atom. The van der Waals surface area contributed by atoms with E-state index in [1.807, 2.05) is 11.3 Å². The third-order valence-corrected chi connectivity index (χ3v) is 5.09. The molecule has 1 aromatic heterocycles. The predicted octanol–water partition coefficient (Wildman–Crippen LogP) is 3.72. The molecule has 1 atom stereocenters. The van der Waals surface area contributed by atoms with Gasteiger partial charge >= 0.3 is 0 Å². The van der Waals surface area contributed by atoms with Crippen LogP contribution in [0.4, 0.5) is 0 Å². The molecule has 0 spiro atoms. The van der Waals surface area contributed by atoms with E-state index >= 15 is 0 Å². The third kappa shape index (κ3) is 4.34. The van der Waals surface area contributed by atoms with Gasteiger partial charge in [-0.1, -0.05) is 13.8 Å². The highest BCUT2D eigenvalue weighted by molar-refractivity contribution is 9.10. The standard InChI is InChI=1S/C14H23BrN2S/c1-11(2)7-16-8-13-4-3-5-17(13)9-14-6-12(15)10-18-14/h6,10-11,13,16H,3-5,7-9H2,1-2H3. The summed E-state index contributed by atoms with van der Waals surface area (Å²) in [7, 11) is 0. The fourth-order valence-electron chi connectivity index (χ4n) is 2.51. The fraction of sp³-hybridized carbons (Fsp3) is 0.714. The van der Waals surface area contributed by atoms with E-state index in [4.69, 9.17) is 0 Å². The van der Waals surface area contributed by atoms with Crippen LogP contribution in [0.5, 0.6) is 0 Å². The van der Waals surface area contributed by atoms with E-state index in [1.165, 1.54) is 28.7 Å². The molecule has 1 fully saturated rings. The Morgan fingerprint density at radius 1 is 1.56 bits per heavy atom. The van der Waals surface area contributed by atoms with Crippen LogP contribution in [0.2, 0.25) is 0 Å². The first kappa shape index (κ1) is 14.5. The topological polar surface area (TPSA) is 15.3 Å². The Bertz CT molecular complexity index is 364. The zero-order chi connectivity index (χ0) is 13.0. The summed E-state index contributed by atoms with van der Waals surface area (Å²) in [4.78, 5) is 4.10. The number of nitrogens with one attached hydrogen (secondary N) is 1. The van der Waals surface area contributed by atoms with Crippen LogP contribution in [-0.4, -0.2) is 30.6 Å². The Hall–Kier alpha value is 0.1000. The van der Waals surface area contributed by atoms with Gasteiger partial charge in [0.15, 0.2) is 0 Å². The van der Waals surface area contributed by atoms with Crippen molar-refractivity contribution in [2.24, 2.45) is 5.92 Å². The number of thiophene rings is 1. The highest BCUT2D eigenvalue weighted by atomic mass is 79.9. The molecule has 1 aromatic rings. The Kier molecular flexibility index (Phi) is 5.67. The van der Waals surface area contributed by atoms with Crippen molar-refractivity contribution < 1.29 is 0 Å². The van der Waals surface area contributed by atoms with Gasteiger partial charge in [-0.25, -0.2) is 0 Å². The van der Waals surface area contributed by atoms with Crippen LogP contribution in [0.3, 0.4) is 0 Å². The van der Waals surface area contributed by atoms with E-state index in [-0.39, 0.29) is 0 Å². The van der Waals surface area contributed by atoms with Crippen LogP contribution in [-0.2, 0) is 6.54 Å². The molecule has 1 aliphatic rings. The lowest BCUT2D eigenvalue weighted by molar-refractivity contribution is 0.239. The molecular weight excluding hydrogens is 308 g/mol. The van der Waals surface area contributed by atoms with Gasteiger partial charge in [0.2, 0.25) is 0 Å². The molecule has 0 radical (unpaired) electrons. The number of likely N-dealkylation sites (tertiary alicyclic amines) is 1. The lowest BCUT2D eigenvalue weighted by atomic mass is 10.2. The van der Waals surface area contributed by atoms with Crippen molar-refractivity contribution in [1.82, 2.24) is 10.2 Å². The van der Waals surface area contributed by atoms with E-state index in [1.54, 1.807) is 0 Å². The predicted molar refractivity (Wildman–Crippen MR) is 83.2 cm³/mol. The molecule has 102 valence electrons. The van der Waals surface area contributed by atoms with E-state index in [0.29, 0.717) is 0 Å². The first-order valence-corrected chi connectivity index (χ1v) is 8.50. The van der Waals surface area contributed by atoms with E-state index in [9.17, 15) is 0 Å². The lowest BCUT2D eigenvalue weighted by Crippen LogP contribution is -2.38. The molecule has 2 heterocycles. The second-order valence-electron chi connectivity index (χ2n) is 5.55. The maximum Gasteiger partial charge on any atom is 0.0331 e. The molecule has 0 amide bonds. The van der Waals surface area contributed by atoms with Crippen molar-refractivity contribution in [2.45, 2.75) is 39.3 Å². The first-order chi connectivity index (χ1) is 8.65. The highest BCUT2D eigenvalue weighted by Gasteiger charge is 2.24. The lowest BCUT2D eigenvalue weighted by Gasteiger charge is -2.24. The summed E-state index contributed by atoms with van der Waals surface area (Å²) in [5.41, 5.74) is 0. The van der Waals surface area contributed by atoms with Gasteiger partial charge in [-0.15, -0.1) is 11.3 Å². The summed E-state index contributed by atoms with van der Waals surface area (Å²) >= 11 is 5.39. The second kappa shape index (κ2) is 7.04. The quantitative estimate of drug-likeness (QED) is 0.855. The van der Waals surface area contributed by atoms with E-state index < -0.39 is 0 Å². The Morgan fingerprint density at radius 3 is 3.06 bits per heavy atom. The van der Waals surface area contributed by atoms with Crippen LogP contribution >= 0.6 is 27.3 Å². The SMILES string of the molecule is CC(C)CNCC1CCCN1Cc1cc(Br)cs1. The fourth-order valence-corrected chi connectivity index (χ4v) is 3.99. The van der Waals surface area contributed by atoms with Crippen molar-refractivity contribution in [1.29, 1.82) is 0 Å². The third-order valence-electron chi connectivity index (χ3n) is 3.41. The number of hydrogen-bond donors (Lipinski definition) is 1. The zero-order valence-corrected chi connectivity index (χ0v) is 13.7. The summed E-state index contributed by atoms with van der Waals surface area (Å²) < 4.78 is 1.22. The summed E-state index contributed by atoms with van der Waals surface area (Å²) in [6.07, 6.45) is 2.69. The molecule has 0 aromatic carbocycles. The normalized spacial score (nSPS) is 21.0. The molecule has 0 aliphatic carbocycles. The van der Waals surface area contributed by atoms with Gasteiger partial charge in [0.1, 0.15) is 0 Å². The van der Waals surface area contributed by atoms with Crippen molar-refractivity contribution in [3.8, 4) is 0 Å². The number of nitrogens with zero attached hydrogens (tertiary/aromatic N) is 1. The number of halogens is 1. The maximum atomic E-state index is 3.60. The zero-order valence-electron chi connectivity index (χ0n) is 11.3. The van der Waals surface area contributed by atoms with Crippen LogP contribution < -0.4 is 5.32 Å². The summed E-state index contributed by atoms with van der Waals surface area (Å²) in [5.74, 6) is 0.744. The van der Waals surface area contributed by atoms with Gasteiger partial charge in [0, 0.05) is 33.9 Å². The van der Waals surface area contributed by atoms with E-state index in [2.05, 4.69) is 51.4 Å². The van der Waals surface area contributed by atoms with Crippen molar-refractivity contribution in [3.05, 3.63) is 20.8 Å². The number of rotatable bonds is 6. The Labute approximate surface area is 123 Å².